The fourth-order valence-corrected chi connectivity index (χ4v) is 2.49. The van der Waals surface area contributed by atoms with Gasteiger partial charge in [0, 0.05) is 11.5 Å². The molecule has 6 heteroatoms. The summed E-state index contributed by atoms with van der Waals surface area (Å²) < 4.78 is 18.5. The van der Waals surface area contributed by atoms with E-state index in [1.807, 2.05) is 39.8 Å². The maximum Gasteiger partial charge on any atom is 0.497 e. The Hall–Kier alpha value is -0.585. The monoisotopic (exact) mass is 339 g/mol. The third-order valence-electron chi connectivity index (χ3n) is 4.17. The quantitative estimate of drug-likeness (QED) is 0.627. The molecule has 1 aromatic heterocycles. The van der Waals surface area contributed by atoms with Gasteiger partial charge in [-0.1, -0.05) is 6.07 Å². The van der Waals surface area contributed by atoms with Crippen LogP contribution in [-0.2, 0) is 9.31 Å². The largest absolute Gasteiger partial charge is 0.497 e. The fourth-order valence-electron chi connectivity index (χ4n) is 2.00. The van der Waals surface area contributed by atoms with Gasteiger partial charge < -0.3 is 14.0 Å². The molecule has 0 amide bonds. The van der Waals surface area contributed by atoms with Crippen molar-refractivity contribution in [1.29, 1.82) is 0 Å². The lowest BCUT2D eigenvalue weighted by molar-refractivity contribution is 0.00578. The normalized spacial score (nSPS) is 23.9. The summed E-state index contributed by atoms with van der Waals surface area (Å²) in [6, 6.07) is 3.83. The van der Waals surface area contributed by atoms with Crippen molar-refractivity contribution < 1.29 is 14.0 Å². The van der Waals surface area contributed by atoms with Gasteiger partial charge in [0.15, 0.2) is 0 Å². The van der Waals surface area contributed by atoms with Crippen LogP contribution in [0.1, 0.15) is 40.5 Å². The van der Waals surface area contributed by atoms with Crippen molar-refractivity contribution in [2.45, 2.75) is 57.8 Å². The molecule has 0 unspecified atom stereocenters. The number of hydrogen-bond acceptors (Lipinski definition) is 4. The van der Waals surface area contributed by atoms with E-state index >= 15 is 0 Å². The van der Waals surface area contributed by atoms with E-state index in [0.717, 1.165) is 18.3 Å². The Morgan fingerprint density at radius 3 is 2.30 bits per heavy atom. The minimum atomic E-state index is -0.406. The molecule has 0 atom stereocenters. The topological polar surface area (TPSA) is 40.6 Å². The minimum absolute atomic E-state index is 0.345. The zero-order valence-corrected chi connectivity index (χ0v) is 13.9. The van der Waals surface area contributed by atoms with Crippen molar-refractivity contribution in [3.05, 3.63) is 16.7 Å². The second kappa shape index (κ2) is 4.72. The van der Waals surface area contributed by atoms with Crippen molar-refractivity contribution in [1.82, 2.24) is 4.98 Å². The standard InChI is InChI=1S/C14H19BBrNO3/c1-13(2)14(3,4)20-15(19-13)10-7-8-11(17-12(10)16)18-9-5-6-9/h7-9H,5-6H2,1-4H3. The Kier molecular flexibility index (Phi) is 3.38. The Balaban J connectivity index is 1.80. The van der Waals surface area contributed by atoms with Gasteiger partial charge in [0.1, 0.15) is 10.7 Å². The van der Waals surface area contributed by atoms with Crippen LogP contribution in [0, 0.1) is 0 Å². The van der Waals surface area contributed by atoms with Crippen molar-refractivity contribution in [3.63, 3.8) is 0 Å². The van der Waals surface area contributed by atoms with Crippen LogP contribution in [0.3, 0.4) is 0 Å². The summed E-state index contributed by atoms with van der Waals surface area (Å²) >= 11 is 3.49. The van der Waals surface area contributed by atoms with Gasteiger partial charge in [0.25, 0.3) is 0 Å². The first-order chi connectivity index (χ1) is 9.28. The Morgan fingerprint density at radius 2 is 1.80 bits per heavy atom. The first-order valence-electron chi connectivity index (χ1n) is 6.97. The zero-order valence-electron chi connectivity index (χ0n) is 12.3. The highest BCUT2D eigenvalue weighted by Gasteiger charge is 2.52. The zero-order chi connectivity index (χ0) is 14.5. The fraction of sp³-hybridized carbons (Fsp3) is 0.643. The maximum absolute atomic E-state index is 6.03. The van der Waals surface area contributed by atoms with Gasteiger partial charge >= 0.3 is 7.12 Å². The predicted molar refractivity (Wildman–Crippen MR) is 81.3 cm³/mol. The number of halogens is 1. The first-order valence-corrected chi connectivity index (χ1v) is 7.76. The van der Waals surface area contributed by atoms with Gasteiger partial charge in [0.05, 0.1) is 11.2 Å². The van der Waals surface area contributed by atoms with E-state index in [9.17, 15) is 0 Å². The molecular weight excluding hydrogens is 321 g/mol. The van der Waals surface area contributed by atoms with Crippen LogP contribution in [0.25, 0.3) is 0 Å². The molecule has 1 aromatic rings. The molecule has 1 aliphatic carbocycles. The lowest BCUT2D eigenvalue weighted by Gasteiger charge is -2.32. The molecule has 1 saturated carbocycles. The summed E-state index contributed by atoms with van der Waals surface area (Å²) in [5.41, 5.74) is 0.201. The summed E-state index contributed by atoms with van der Waals surface area (Å²) in [6.45, 7) is 8.16. The highest BCUT2D eigenvalue weighted by atomic mass is 79.9. The molecule has 4 nitrogen and oxygen atoms in total. The van der Waals surface area contributed by atoms with Gasteiger partial charge in [-0.3, -0.25) is 0 Å². The Labute approximate surface area is 128 Å². The highest BCUT2D eigenvalue weighted by molar-refractivity contribution is 9.10. The SMILES string of the molecule is CC1(C)OB(c2ccc(OC3CC3)nc2Br)OC1(C)C. The number of aromatic nitrogens is 1. The summed E-state index contributed by atoms with van der Waals surface area (Å²) in [4.78, 5) is 4.43. The van der Waals surface area contributed by atoms with Gasteiger partial charge in [-0.25, -0.2) is 4.98 Å². The van der Waals surface area contributed by atoms with Crippen LogP contribution < -0.4 is 10.2 Å². The molecule has 3 rings (SSSR count). The van der Waals surface area contributed by atoms with E-state index in [-0.39, 0.29) is 11.2 Å². The first kappa shape index (κ1) is 14.4. The third kappa shape index (κ3) is 2.61. The van der Waals surface area contributed by atoms with Crippen molar-refractivity contribution in [2.24, 2.45) is 0 Å². The lowest BCUT2D eigenvalue weighted by atomic mass is 9.80. The highest BCUT2D eigenvalue weighted by Crippen LogP contribution is 2.37. The molecule has 1 aliphatic heterocycles. The van der Waals surface area contributed by atoms with Crippen molar-refractivity contribution in [2.75, 3.05) is 0 Å². The van der Waals surface area contributed by atoms with Crippen molar-refractivity contribution in [3.8, 4) is 5.88 Å². The molecule has 0 radical (unpaired) electrons. The number of hydrogen-bond donors (Lipinski definition) is 0. The van der Waals surface area contributed by atoms with E-state index in [1.165, 1.54) is 0 Å². The molecule has 1 saturated heterocycles. The van der Waals surface area contributed by atoms with Gasteiger partial charge in [-0.2, -0.15) is 0 Å². The van der Waals surface area contributed by atoms with E-state index in [4.69, 9.17) is 14.0 Å². The van der Waals surface area contributed by atoms with E-state index in [1.54, 1.807) is 0 Å². The van der Waals surface area contributed by atoms with Crippen LogP contribution in [0.5, 0.6) is 5.88 Å². The molecule has 0 bridgehead atoms. The number of pyridine rings is 1. The van der Waals surface area contributed by atoms with Gasteiger partial charge in [0.2, 0.25) is 5.88 Å². The summed E-state index contributed by atoms with van der Waals surface area (Å²) in [5, 5.41) is 0. The smallest absolute Gasteiger partial charge is 0.474 e. The average molecular weight is 340 g/mol. The second-order valence-corrected chi connectivity index (χ2v) is 7.19. The van der Waals surface area contributed by atoms with E-state index in [2.05, 4.69) is 20.9 Å². The van der Waals surface area contributed by atoms with E-state index in [0.29, 0.717) is 16.6 Å². The van der Waals surface area contributed by atoms with Crippen LogP contribution in [0.4, 0.5) is 0 Å². The molecule has 2 heterocycles. The third-order valence-corrected chi connectivity index (χ3v) is 4.81. The second-order valence-electron chi connectivity index (χ2n) is 6.43. The van der Waals surface area contributed by atoms with Crippen LogP contribution in [-0.4, -0.2) is 29.4 Å². The van der Waals surface area contributed by atoms with Crippen LogP contribution in [0.15, 0.2) is 16.7 Å². The molecule has 108 valence electrons. The molecule has 0 spiro atoms. The minimum Gasteiger partial charge on any atom is -0.474 e. The van der Waals surface area contributed by atoms with E-state index < -0.39 is 7.12 Å². The Morgan fingerprint density at radius 1 is 1.20 bits per heavy atom. The lowest BCUT2D eigenvalue weighted by Crippen LogP contribution is -2.41. The number of ether oxygens (including phenoxy) is 1. The molecule has 2 fully saturated rings. The number of rotatable bonds is 3. The average Bonchev–Trinajstić information content (AvgIpc) is 3.07. The molecule has 2 aliphatic rings. The summed E-state index contributed by atoms with van der Waals surface area (Å²) in [7, 11) is -0.406. The predicted octanol–water partition coefficient (Wildman–Crippen LogP) is 2.68. The molecule has 0 N–H and O–H groups in total. The van der Waals surface area contributed by atoms with Gasteiger partial charge in [-0.15, -0.1) is 0 Å². The Bertz CT molecular complexity index is 515. The molecular formula is C14H19BBrNO3. The van der Waals surface area contributed by atoms with Crippen LogP contribution in [0.2, 0.25) is 0 Å². The van der Waals surface area contributed by atoms with Crippen LogP contribution >= 0.6 is 15.9 Å². The maximum atomic E-state index is 6.03. The number of nitrogens with zero attached hydrogens (tertiary/aromatic N) is 1. The van der Waals surface area contributed by atoms with Gasteiger partial charge in [-0.05, 0) is 56.5 Å². The molecule has 20 heavy (non-hydrogen) atoms. The molecule has 0 aromatic carbocycles. The summed E-state index contributed by atoms with van der Waals surface area (Å²) in [5.74, 6) is 0.652. The summed E-state index contributed by atoms with van der Waals surface area (Å²) in [6.07, 6.45) is 2.59. The van der Waals surface area contributed by atoms with Crippen molar-refractivity contribution >= 4 is 28.5 Å².